The molecule has 0 aliphatic carbocycles. The van der Waals surface area contributed by atoms with Gasteiger partial charge in [-0.3, -0.25) is 9.59 Å². The lowest BCUT2D eigenvalue weighted by Gasteiger charge is -2.08. The number of rotatable bonds is 5. The van der Waals surface area contributed by atoms with Crippen molar-refractivity contribution in [1.29, 1.82) is 0 Å². The van der Waals surface area contributed by atoms with Gasteiger partial charge in [0, 0.05) is 30.3 Å². The van der Waals surface area contributed by atoms with E-state index in [2.05, 4.69) is 0 Å². The third-order valence-corrected chi connectivity index (χ3v) is 3.15. The Labute approximate surface area is 112 Å². The van der Waals surface area contributed by atoms with Crippen molar-refractivity contribution in [2.45, 2.75) is 26.3 Å². The van der Waals surface area contributed by atoms with Crippen LogP contribution >= 0.6 is 0 Å². The number of aromatic nitrogens is 1. The maximum atomic E-state index is 11.9. The van der Waals surface area contributed by atoms with Crippen LogP contribution in [0.15, 0.2) is 53.3 Å². The molecule has 2 aromatic rings. The zero-order valence-electron chi connectivity index (χ0n) is 11.0. The Kier molecular flexibility index (Phi) is 4.29. The lowest BCUT2D eigenvalue weighted by molar-refractivity contribution is 0.0978. The van der Waals surface area contributed by atoms with Gasteiger partial charge >= 0.3 is 0 Å². The summed E-state index contributed by atoms with van der Waals surface area (Å²) in [5.41, 5.74) is 1.66. The van der Waals surface area contributed by atoms with Gasteiger partial charge in [-0.25, -0.2) is 0 Å². The molecule has 0 amide bonds. The standard InChI is InChI=1S/C16H17NO2/c1-13-7-5-11-16(19)17(13)12-6-10-15(18)14-8-3-2-4-9-14/h2-5,7-9,11H,6,10,12H2,1H3. The van der Waals surface area contributed by atoms with E-state index in [0.29, 0.717) is 19.4 Å². The third-order valence-electron chi connectivity index (χ3n) is 3.15. The number of nitrogens with zero attached hydrogens (tertiary/aromatic N) is 1. The molecule has 0 aliphatic rings. The van der Waals surface area contributed by atoms with Gasteiger partial charge < -0.3 is 4.57 Å². The third kappa shape index (κ3) is 3.41. The Morgan fingerprint density at radius 1 is 1.05 bits per heavy atom. The van der Waals surface area contributed by atoms with Gasteiger partial charge in [0.05, 0.1) is 0 Å². The molecule has 1 aromatic carbocycles. The largest absolute Gasteiger partial charge is 0.313 e. The van der Waals surface area contributed by atoms with E-state index >= 15 is 0 Å². The van der Waals surface area contributed by atoms with Gasteiger partial charge in [0.25, 0.3) is 5.56 Å². The molecule has 0 unspecified atom stereocenters. The van der Waals surface area contributed by atoms with Crippen molar-refractivity contribution in [1.82, 2.24) is 4.57 Å². The highest BCUT2D eigenvalue weighted by Gasteiger charge is 2.05. The van der Waals surface area contributed by atoms with Crippen molar-refractivity contribution < 1.29 is 4.79 Å². The molecule has 0 saturated carbocycles. The molecule has 0 fully saturated rings. The number of pyridine rings is 1. The Balaban J connectivity index is 1.94. The first kappa shape index (κ1) is 13.3. The van der Waals surface area contributed by atoms with Gasteiger partial charge in [0.1, 0.15) is 0 Å². The zero-order valence-corrected chi connectivity index (χ0v) is 11.0. The van der Waals surface area contributed by atoms with E-state index in [1.807, 2.05) is 43.3 Å². The van der Waals surface area contributed by atoms with Crippen LogP contribution in [0.4, 0.5) is 0 Å². The van der Waals surface area contributed by atoms with Gasteiger partial charge in [-0.05, 0) is 19.4 Å². The molecule has 0 spiro atoms. The summed E-state index contributed by atoms with van der Waals surface area (Å²) in [6.45, 7) is 2.49. The number of aryl methyl sites for hydroxylation is 1. The van der Waals surface area contributed by atoms with Crippen molar-refractivity contribution >= 4 is 5.78 Å². The quantitative estimate of drug-likeness (QED) is 0.771. The summed E-state index contributed by atoms with van der Waals surface area (Å²) >= 11 is 0. The highest BCUT2D eigenvalue weighted by Crippen LogP contribution is 2.06. The first-order valence-electron chi connectivity index (χ1n) is 6.43. The van der Waals surface area contributed by atoms with Crippen LogP contribution in [-0.2, 0) is 6.54 Å². The minimum absolute atomic E-state index is 0.00726. The van der Waals surface area contributed by atoms with E-state index in [-0.39, 0.29) is 11.3 Å². The Bertz CT molecular complexity index is 614. The summed E-state index contributed by atoms with van der Waals surface area (Å²) in [6, 6.07) is 14.5. The van der Waals surface area contributed by atoms with Crippen LogP contribution in [0.2, 0.25) is 0 Å². The lowest BCUT2D eigenvalue weighted by atomic mass is 10.1. The SMILES string of the molecule is Cc1cccc(=O)n1CCCC(=O)c1ccccc1. The highest BCUT2D eigenvalue weighted by molar-refractivity contribution is 5.95. The predicted octanol–water partition coefficient (Wildman–Crippen LogP) is 2.82. The van der Waals surface area contributed by atoms with Gasteiger partial charge in [-0.1, -0.05) is 36.4 Å². The van der Waals surface area contributed by atoms with Crippen molar-refractivity contribution in [3.8, 4) is 0 Å². The van der Waals surface area contributed by atoms with Crippen LogP contribution in [0.5, 0.6) is 0 Å². The number of Topliss-reactive ketones (excluding diaryl/α,β-unsaturated/α-hetero) is 1. The van der Waals surface area contributed by atoms with E-state index < -0.39 is 0 Å². The Hall–Kier alpha value is -2.16. The molecule has 0 N–H and O–H groups in total. The number of ketones is 1. The summed E-state index contributed by atoms with van der Waals surface area (Å²) in [7, 11) is 0. The molecule has 1 aromatic heterocycles. The molecule has 0 aliphatic heterocycles. The predicted molar refractivity (Wildman–Crippen MR) is 75.4 cm³/mol. The van der Waals surface area contributed by atoms with E-state index in [0.717, 1.165) is 11.3 Å². The molecule has 1 heterocycles. The lowest BCUT2D eigenvalue weighted by Crippen LogP contribution is -2.21. The van der Waals surface area contributed by atoms with E-state index in [1.165, 1.54) is 0 Å². The van der Waals surface area contributed by atoms with Crippen LogP contribution in [0, 0.1) is 6.92 Å². The topological polar surface area (TPSA) is 39.1 Å². The minimum atomic E-state index is -0.00726. The van der Waals surface area contributed by atoms with E-state index in [4.69, 9.17) is 0 Å². The molecule has 3 heteroatoms. The summed E-state index contributed by atoms with van der Waals surface area (Å²) in [5.74, 6) is 0.127. The van der Waals surface area contributed by atoms with Crippen LogP contribution < -0.4 is 5.56 Å². The second kappa shape index (κ2) is 6.14. The van der Waals surface area contributed by atoms with E-state index in [1.54, 1.807) is 16.7 Å². The second-order valence-corrected chi connectivity index (χ2v) is 4.55. The molecule has 0 radical (unpaired) electrons. The van der Waals surface area contributed by atoms with Gasteiger partial charge in [0.15, 0.2) is 5.78 Å². The summed E-state index contributed by atoms with van der Waals surface area (Å²) in [6.07, 6.45) is 1.14. The van der Waals surface area contributed by atoms with Crippen LogP contribution in [0.1, 0.15) is 28.9 Å². The molecule has 3 nitrogen and oxygen atoms in total. The fourth-order valence-electron chi connectivity index (χ4n) is 2.08. The zero-order chi connectivity index (χ0) is 13.7. The van der Waals surface area contributed by atoms with Crippen molar-refractivity contribution in [3.63, 3.8) is 0 Å². The van der Waals surface area contributed by atoms with E-state index in [9.17, 15) is 9.59 Å². The fourth-order valence-corrected chi connectivity index (χ4v) is 2.08. The molecule has 0 atom stereocenters. The normalized spacial score (nSPS) is 10.4. The Morgan fingerprint density at radius 3 is 2.47 bits per heavy atom. The smallest absolute Gasteiger partial charge is 0.250 e. The molecular formula is C16H17NO2. The first-order valence-corrected chi connectivity index (χ1v) is 6.43. The number of benzene rings is 1. The monoisotopic (exact) mass is 255 g/mol. The van der Waals surface area contributed by atoms with Gasteiger partial charge in [0.2, 0.25) is 0 Å². The molecular weight excluding hydrogens is 238 g/mol. The van der Waals surface area contributed by atoms with Gasteiger partial charge in [-0.15, -0.1) is 0 Å². The van der Waals surface area contributed by atoms with Crippen LogP contribution in [-0.4, -0.2) is 10.4 Å². The average Bonchev–Trinajstić information content (AvgIpc) is 2.43. The summed E-state index contributed by atoms with van der Waals surface area (Å²) < 4.78 is 1.71. The molecule has 0 bridgehead atoms. The molecule has 2 rings (SSSR count). The van der Waals surface area contributed by atoms with Crippen molar-refractivity contribution in [2.75, 3.05) is 0 Å². The van der Waals surface area contributed by atoms with Crippen molar-refractivity contribution in [2.24, 2.45) is 0 Å². The molecule has 19 heavy (non-hydrogen) atoms. The number of hydrogen-bond acceptors (Lipinski definition) is 2. The van der Waals surface area contributed by atoms with Crippen LogP contribution in [0.3, 0.4) is 0 Å². The van der Waals surface area contributed by atoms with Crippen LogP contribution in [0.25, 0.3) is 0 Å². The molecule has 0 saturated heterocycles. The van der Waals surface area contributed by atoms with Gasteiger partial charge in [-0.2, -0.15) is 0 Å². The second-order valence-electron chi connectivity index (χ2n) is 4.55. The maximum absolute atomic E-state index is 11.9. The number of carbonyl (C=O) groups excluding carboxylic acids is 1. The first-order chi connectivity index (χ1) is 9.18. The summed E-state index contributed by atoms with van der Waals surface area (Å²) in [5, 5.41) is 0. The fraction of sp³-hybridized carbons (Fsp3) is 0.250. The number of carbonyl (C=O) groups is 1. The van der Waals surface area contributed by atoms with Crippen molar-refractivity contribution in [3.05, 3.63) is 70.1 Å². The Morgan fingerprint density at radius 2 is 1.79 bits per heavy atom. The highest BCUT2D eigenvalue weighted by atomic mass is 16.1. The maximum Gasteiger partial charge on any atom is 0.250 e. The summed E-state index contributed by atoms with van der Waals surface area (Å²) in [4.78, 5) is 23.6. The average molecular weight is 255 g/mol. The minimum Gasteiger partial charge on any atom is -0.313 e. The number of hydrogen-bond donors (Lipinski definition) is 0. The molecule has 98 valence electrons.